The summed E-state index contributed by atoms with van der Waals surface area (Å²) in [6.45, 7) is 3.25. The van der Waals surface area contributed by atoms with Crippen LogP contribution in [0.2, 0.25) is 0 Å². The van der Waals surface area contributed by atoms with Gasteiger partial charge in [0, 0.05) is 0 Å². The van der Waals surface area contributed by atoms with Gasteiger partial charge < -0.3 is 10.8 Å². The van der Waals surface area contributed by atoms with Crippen LogP contribution in [-0.4, -0.2) is 18.8 Å². The monoisotopic (exact) mass is 229 g/mol. The third kappa shape index (κ3) is 2.56. The standard InChI is InChI=1S/C10H15NO3S/c1-7(2)15(13,14)9-5-3-8(4-6-9)10(11)12/h3-7,10,12H,11H2,1-2H3. The van der Waals surface area contributed by atoms with E-state index in [4.69, 9.17) is 10.8 Å². The molecule has 1 rings (SSSR count). The van der Waals surface area contributed by atoms with Crippen molar-refractivity contribution in [3.63, 3.8) is 0 Å². The summed E-state index contributed by atoms with van der Waals surface area (Å²) in [4.78, 5) is 0.252. The molecule has 5 heteroatoms. The molecule has 0 spiro atoms. The Morgan fingerprint density at radius 2 is 1.67 bits per heavy atom. The minimum absolute atomic E-state index is 0.252. The first-order chi connectivity index (χ1) is 6.85. The van der Waals surface area contributed by atoms with Crippen molar-refractivity contribution in [1.29, 1.82) is 0 Å². The highest BCUT2D eigenvalue weighted by Gasteiger charge is 2.18. The number of benzene rings is 1. The van der Waals surface area contributed by atoms with E-state index in [9.17, 15) is 8.42 Å². The van der Waals surface area contributed by atoms with Gasteiger partial charge in [0.2, 0.25) is 0 Å². The fourth-order valence-corrected chi connectivity index (χ4v) is 2.19. The maximum atomic E-state index is 11.7. The SMILES string of the molecule is CC(C)S(=O)(=O)c1ccc(C(N)O)cc1. The number of aliphatic hydroxyl groups excluding tert-OH is 1. The zero-order chi connectivity index (χ0) is 11.6. The molecular weight excluding hydrogens is 214 g/mol. The Morgan fingerprint density at radius 3 is 2.00 bits per heavy atom. The molecule has 1 atom stereocenters. The van der Waals surface area contributed by atoms with Crippen LogP contribution in [0.15, 0.2) is 29.2 Å². The first kappa shape index (κ1) is 12.2. The molecular formula is C10H15NO3S. The first-order valence-corrected chi connectivity index (χ1v) is 6.18. The van der Waals surface area contributed by atoms with E-state index < -0.39 is 21.3 Å². The van der Waals surface area contributed by atoms with Gasteiger partial charge in [0.15, 0.2) is 9.84 Å². The van der Waals surface area contributed by atoms with Crippen molar-refractivity contribution < 1.29 is 13.5 Å². The number of sulfone groups is 1. The van der Waals surface area contributed by atoms with Crippen LogP contribution >= 0.6 is 0 Å². The number of aliphatic hydroxyl groups is 1. The highest BCUT2D eigenvalue weighted by atomic mass is 32.2. The second-order valence-electron chi connectivity index (χ2n) is 3.61. The Balaban J connectivity index is 3.10. The van der Waals surface area contributed by atoms with Crippen LogP contribution in [0.5, 0.6) is 0 Å². The van der Waals surface area contributed by atoms with Crippen molar-refractivity contribution in [2.45, 2.75) is 30.2 Å². The molecule has 0 aliphatic carbocycles. The number of hydrogen-bond acceptors (Lipinski definition) is 4. The largest absolute Gasteiger partial charge is 0.375 e. The molecule has 0 bridgehead atoms. The van der Waals surface area contributed by atoms with Gasteiger partial charge in [0.05, 0.1) is 10.1 Å². The number of nitrogens with two attached hydrogens (primary N) is 1. The molecule has 84 valence electrons. The molecule has 3 N–H and O–H groups in total. The van der Waals surface area contributed by atoms with Gasteiger partial charge in [-0.1, -0.05) is 12.1 Å². The minimum atomic E-state index is -3.24. The predicted molar refractivity (Wildman–Crippen MR) is 57.9 cm³/mol. The molecule has 1 aromatic rings. The van der Waals surface area contributed by atoms with Crippen LogP contribution in [0.1, 0.15) is 25.6 Å². The minimum Gasteiger partial charge on any atom is -0.375 e. The summed E-state index contributed by atoms with van der Waals surface area (Å²) in [5, 5.41) is 8.60. The van der Waals surface area contributed by atoms with E-state index in [-0.39, 0.29) is 4.90 Å². The Morgan fingerprint density at radius 1 is 1.20 bits per heavy atom. The highest BCUT2D eigenvalue weighted by molar-refractivity contribution is 7.92. The second kappa shape index (κ2) is 4.30. The Hall–Kier alpha value is -0.910. The molecule has 0 saturated carbocycles. The van der Waals surface area contributed by atoms with Crippen molar-refractivity contribution in [2.75, 3.05) is 0 Å². The van der Waals surface area contributed by atoms with Gasteiger partial charge >= 0.3 is 0 Å². The fourth-order valence-electron chi connectivity index (χ4n) is 1.13. The number of rotatable bonds is 3. The summed E-state index contributed by atoms with van der Waals surface area (Å²) >= 11 is 0. The van der Waals surface area contributed by atoms with Crippen molar-refractivity contribution in [3.8, 4) is 0 Å². The lowest BCUT2D eigenvalue weighted by Gasteiger charge is -2.09. The molecule has 0 radical (unpaired) electrons. The molecule has 0 fully saturated rings. The lowest BCUT2D eigenvalue weighted by Crippen LogP contribution is -2.14. The van der Waals surface area contributed by atoms with E-state index in [2.05, 4.69) is 0 Å². The molecule has 1 aromatic carbocycles. The smallest absolute Gasteiger partial charge is 0.180 e. The maximum Gasteiger partial charge on any atom is 0.180 e. The normalized spacial score (nSPS) is 14.2. The zero-order valence-corrected chi connectivity index (χ0v) is 9.53. The molecule has 0 aliphatic rings. The second-order valence-corrected chi connectivity index (χ2v) is 6.11. The summed E-state index contributed by atoms with van der Waals surface area (Å²) in [7, 11) is -3.24. The van der Waals surface area contributed by atoms with Crippen molar-refractivity contribution in [2.24, 2.45) is 5.73 Å². The molecule has 0 amide bonds. The third-order valence-electron chi connectivity index (χ3n) is 2.17. The van der Waals surface area contributed by atoms with Crippen molar-refractivity contribution in [3.05, 3.63) is 29.8 Å². The maximum absolute atomic E-state index is 11.7. The van der Waals surface area contributed by atoms with Gasteiger partial charge in [-0.25, -0.2) is 8.42 Å². The Labute approximate surface area is 89.7 Å². The lowest BCUT2D eigenvalue weighted by molar-refractivity contribution is 0.186. The van der Waals surface area contributed by atoms with E-state index in [0.29, 0.717) is 5.56 Å². The Kier molecular flexibility index (Phi) is 3.49. The van der Waals surface area contributed by atoms with E-state index in [1.807, 2.05) is 0 Å². The van der Waals surface area contributed by atoms with Gasteiger partial charge in [-0.2, -0.15) is 0 Å². The average molecular weight is 229 g/mol. The van der Waals surface area contributed by atoms with Gasteiger partial charge in [0.1, 0.15) is 6.23 Å². The molecule has 15 heavy (non-hydrogen) atoms. The first-order valence-electron chi connectivity index (χ1n) is 4.63. The molecule has 0 heterocycles. The molecule has 4 nitrogen and oxygen atoms in total. The van der Waals surface area contributed by atoms with Crippen molar-refractivity contribution in [1.82, 2.24) is 0 Å². The third-order valence-corrected chi connectivity index (χ3v) is 4.34. The van der Waals surface area contributed by atoms with E-state index in [1.54, 1.807) is 13.8 Å². The van der Waals surface area contributed by atoms with Crippen LogP contribution < -0.4 is 5.73 Å². The fraction of sp³-hybridized carbons (Fsp3) is 0.400. The Bertz CT molecular complexity index is 420. The van der Waals surface area contributed by atoms with Gasteiger partial charge in [0.25, 0.3) is 0 Å². The van der Waals surface area contributed by atoms with E-state index in [0.717, 1.165) is 0 Å². The molecule has 0 aromatic heterocycles. The zero-order valence-electron chi connectivity index (χ0n) is 8.71. The van der Waals surface area contributed by atoms with Gasteiger partial charge in [-0.05, 0) is 31.5 Å². The highest BCUT2D eigenvalue weighted by Crippen LogP contribution is 2.17. The van der Waals surface area contributed by atoms with Crippen molar-refractivity contribution >= 4 is 9.84 Å². The van der Waals surface area contributed by atoms with Crippen LogP contribution in [0.25, 0.3) is 0 Å². The summed E-state index contributed by atoms with van der Waals surface area (Å²) in [5.74, 6) is 0. The van der Waals surface area contributed by atoms with Crippen LogP contribution in [0.4, 0.5) is 0 Å². The molecule has 1 unspecified atom stereocenters. The number of hydrogen-bond donors (Lipinski definition) is 2. The topological polar surface area (TPSA) is 80.4 Å². The van der Waals surface area contributed by atoms with Crippen LogP contribution in [-0.2, 0) is 9.84 Å². The van der Waals surface area contributed by atoms with E-state index in [1.165, 1.54) is 24.3 Å². The average Bonchev–Trinajstić information content (AvgIpc) is 2.17. The predicted octanol–water partition coefficient (Wildman–Crippen LogP) is 0.818. The summed E-state index contributed by atoms with van der Waals surface area (Å²) in [5.41, 5.74) is 5.74. The van der Waals surface area contributed by atoms with Crippen LogP contribution in [0.3, 0.4) is 0 Å². The van der Waals surface area contributed by atoms with Crippen LogP contribution in [0, 0.1) is 0 Å². The van der Waals surface area contributed by atoms with Gasteiger partial charge in [-0.3, -0.25) is 0 Å². The van der Waals surface area contributed by atoms with Gasteiger partial charge in [-0.15, -0.1) is 0 Å². The summed E-state index contributed by atoms with van der Waals surface area (Å²) in [6, 6.07) is 5.95. The quantitative estimate of drug-likeness (QED) is 0.752. The molecule has 0 saturated heterocycles. The summed E-state index contributed by atoms with van der Waals surface area (Å²) < 4.78 is 23.4. The summed E-state index contributed by atoms with van der Waals surface area (Å²) in [6.07, 6.45) is -1.07. The lowest BCUT2D eigenvalue weighted by atomic mass is 10.2. The molecule has 0 aliphatic heterocycles. The van der Waals surface area contributed by atoms with E-state index >= 15 is 0 Å².